The van der Waals surface area contributed by atoms with Gasteiger partial charge in [0.1, 0.15) is 11.6 Å². The van der Waals surface area contributed by atoms with E-state index in [1.807, 2.05) is 62.4 Å². The maximum absolute atomic E-state index is 13.4. The molecule has 0 aliphatic carbocycles. The molecular formula is C23H26FN3O2S. The van der Waals surface area contributed by atoms with Gasteiger partial charge in [-0.25, -0.2) is 9.37 Å². The van der Waals surface area contributed by atoms with Crippen LogP contribution in [0.2, 0.25) is 0 Å². The topological polar surface area (TPSA) is 45.7 Å². The van der Waals surface area contributed by atoms with Gasteiger partial charge < -0.3 is 14.5 Å². The fourth-order valence-corrected chi connectivity index (χ4v) is 3.71. The van der Waals surface area contributed by atoms with Crippen LogP contribution in [-0.2, 0) is 11.3 Å². The Morgan fingerprint density at radius 2 is 1.67 bits per heavy atom. The van der Waals surface area contributed by atoms with Gasteiger partial charge in [-0.05, 0) is 48.5 Å². The minimum Gasteiger partial charge on any atom is -0.497 e. The van der Waals surface area contributed by atoms with Gasteiger partial charge in [0.15, 0.2) is 5.13 Å². The maximum Gasteiger partial charge on any atom is 0.232 e. The predicted molar refractivity (Wildman–Crippen MR) is 120 cm³/mol. The average Bonchev–Trinajstić information content (AvgIpc) is 3.20. The average molecular weight is 428 g/mol. The number of methoxy groups -OCH3 is 1. The molecule has 0 aliphatic rings. The number of aromatic nitrogens is 1. The van der Waals surface area contributed by atoms with E-state index in [1.54, 1.807) is 24.1 Å². The number of carbonyl (C=O) groups is 1. The van der Waals surface area contributed by atoms with Crippen molar-refractivity contribution in [1.29, 1.82) is 0 Å². The Morgan fingerprint density at radius 3 is 2.23 bits per heavy atom. The number of benzene rings is 2. The largest absolute Gasteiger partial charge is 0.497 e. The summed E-state index contributed by atoms with van der Waals surface area (Å²) in [6.45, 7) is 5.93. The number of thiazole rings is 1. The molecule has 1 aromatic heterocycles. The zero-order chi connectivity index (χ0) is 21.9. The zero-order valence-corrected chi connectivity index (χ0v) is 18.7. The fraction of sp³-hybridized carbons (Fsp3) is 0.304. The van der Waals surface area contributed by atoms with Gasteiger partial charge >= 0.3 is 0 Å². The van der Waals surface area contributed by atoms with Crippen LogP contribution in [-0.4, -0.2) is 25.0 Å². The Hall–Kier alpha value is -2.93. The second kappa shape index (κ2) is 8.83. The van der Waals surface area contributed by atoms with Crippen molar-refractivity contribution in [1.82, 2.24) is 4.98 Å². The van der Waals surface area contributed by atoms with Crippen LogP contribution >= 0.6 is 11.3 Å². The number of hydrogen-bond donors (Lipinski definition) is 0. The molecule has 7 heteroatoms. The van der Waals surface area contributed by atoms with E-state index in [1.165, 1.54) is 23.5 Å². The zero-order valence-electron chi connectivity index (χ0n) is 17.8. The van der Waals surface area contributed by atoms with Crippen molar-refractivity contribution in [2.75, 3.05) is 24.0 Å². The third-order valence-corrected chi connectivity index (χ3v) is 5.60. The van der Waals surface area contributed by atoms with E-state index in [9.17, 15) is 9.18 Å². The summed E-state index contributed by atoms with van der Waals surface area (Å²) in [5.74, 6) is 0.411. The second-order valence-electron chi connectivity index (χ2n) is 8.00. The van der Waals surface area contributed by atoms with Crippen LogP contribution in [0.1, 0.15) is 26.5 Å². The van der Waals surface area contributed by atoms with E-state index in [4.69, 9.17) is 9.72 Å². The van der Waals surface area contributed by atoms with E-state index in [-0.39, 0.29) is 11.7 Å². The molecular weight excluding hydrogens is 401 g/mol. The third kappa shape index (κ3) is 4.97. The Labute approximate surface area is 180 Å². The van der Waals surface area contributed by atoms with Crippen LogP contribution in [0.25, 0.3) is 0 Å². The number of halogens is 1. The van der Waals surface area contributed by atoms with E-state index < -0.39 is 5.41 Å². The monoisotopic (exact) mass is 427 g/mol. The van der Waals surface area contributed by atoms with Crippen LogP contribution in [0.5, 0.6) is 5.75 Å². The van der Waals surface area contributed by atoms with Gasteiger partial charge in [0.2, 0.25) is 5.91 Å². The minimum absolute atomic E-state index is 0.0489. The third-order valence-electron chi connectivity index (χ3n) is 4.63. The number of rotatable bonds is 6. The molecule has 0 spiro atoms. The van der Waals surface area contributed by atoms with E-state index >= 15 is 0 Å². The molecule has 3 rings (SSSR count). The standard InChI is InChI=1S/C23H26FN3O2S/c1-23(2,3)21(28)27(19-8-6-16(24)7-9-19)14-17-15-30-22(25-17)26(4)18-10-12-20(29-5)13-11-18/h6-13,15H,14H2,1-5H3. The van der Waals surface area contributed by atoms with Crippen molar-refractivity contribution >= 4 is 33.8 Å². The first-order chi connectivity index (χ1) is 14.2. The minimum atomic E-state index is -0.576. The second-order valence-corrected chi connectivity index (χ2v) is 8.83. The molecule has 5 nitrogen and oxygen atoms in total. The Balaban J connectivity index is 1.84. The highest BCUT2D eigenvalue weighted by atomic mass is 32.1. The highest BCUT2D eigenvalue weighted by Gasteiger charge is 2.29. The SMILES string of the molecule is COc1ccc(N(C)c2nc(CN(C(=O)C(C)(C)C)c3ccc(F)cc3)cs2)cc1. The Kier molecular flexibility index (Phi) is 6.41. The molecule has 0 unspecified atom stereocenters. The molecule has 0 atom stereocenters. The van der Waals surface area contributed by atoms with Crippen LogP contribution < -0.4 is 14.5 Å². The summed E-state index contributed by atoms with van der Waals surface area (Å²) >= 11 is 1.51. The highest BCUT2D eigenvalue weighted by molar-refractivity contribution is 7.13. The van der Waals surface area contributed by atoms with Gasteiger partial charge in [0.25, 0.3) is 0 Å². The molecule has 1 heterocycles. The lowest BCUT2D eigenvalue weighted by atomic mass is 9.94. The summed E-state index contributed by atoms with van der Waals surface area (Å²) < 4.78 is 18.6. The lowest BCUT2D eigenvalue weighted by Crippen LogP contribution is -2.39. The molecule has 3 aromatic rings. The summed E-state index contributed by atoms with van der Waals surface area (Å²) in [6, 6.07) is 13.7. The molecule has 2 aromatic carbocycles. The number of amides is 1. The van der Waals surface area contributed by atoms with Gasteiger partial charge in [0.05, 0.1) is 19.3 Å². The number of ether oxygens (including phenoxy) is 1. The Morgan fingerprint density at radius 1 is 1.07 bits per heavy atom. The van der Waals surface area contributed by atoms with Gasteiger partial charge in [0, 0.05) is 29.2 Å². The molecule has 0 fully saturated rings. The lowest BCUT2D eigenvalue weighted by molar-refractivity contribution is -0.125. The van der Waals surface area contributed by atoms with E-state index in [0.717, 1.165) is 22.3 Å². The summed E-state index contributed by atoms with van der Waals surface area (Å²) in [5.41, 5.74) is 1.83. The van der Waals surface area contributed by atoms with Crippen LogP contribution in [0, 0.1) is 11.2 Å². The quantitative estimate of drug-likeness (QED) is 0.511. The van der Waals surface area contributed by atoms with Crippen molar-refractivity contribution < 1.29 is 13.9 Å². The van der Waals surface area contributed by atoms with Crippen LogP contribution in [0.3, 0.4) is 0 Å². The van der Waals surface area contributed by atoms with E-state index in [0.29, 0.717) is 12.2 Å². The molecule has 0 N–H and O–H groups in total. The number of carbonyl (C=O) groups excluding carboxylic acids is 1. The first kappa shape index (κ1) is 21.8. The highest BCUT2D eigenvalue weighted by Crippen LogP contribution is 2.30. The van der Waals surface area contributed by atoms with Gasteiger partial charge in [-0.3, -0.25) is 4.79 Å². The lowest BCUT2D eigenvalue weighted by Gasteiger charge is -2.29. The van der Waals surface area contributed by atoms with E-state index in [2.05, 4.69) is 0 Å². The van der Waals surface area contributed by atoms with Crippen molar-refractivity contribution in [3.8, 4) is 5.75 Å². The molecule has 0 radical (unpaired) electrons. The van der Waals surface area contributed by atoms with Crippen molar-refractivity contribution in [3.63, 3.8) is 0 Å². The first-order valence-electron chi connectivity index (χ1n) is 9.59. The van der Waals surface area contributed by atoms with Gasteiger partial charge in [-0.15, -0.1) is 11.3 Å². The molecule has 0 saturated carbocycles. The van der Waals surface area contributed by atoms with Crippen molar-refractivity contribution in [3.05, 3.63) is 65.4 Å². The van der Waals surface area contributed by atoms with Crippen molar-refractivity contribution in [2.45, 2.75) is 27.3 Å². The Bertz CT molecular complexity index is 995. The van der Waals surface area contributed by atoms with Crippen LogP contribution in [0.4, 0.5) is 20.9 Å². The van der Waals surface area contributed by atoms with Gasteiger partial charge in [-0.1, -0.05) is 20.8 Å². The summed E-state index contributed by atoms with van der Waals surface area (Å²) in [7, 11) is 3.58. The molecule has 158 valence electrons. The molecule has 30 heavy (non-hydrogen) atoms. The maximum atomic E-state index is 13.4. The summed E-state index contributed by atoms with van der Waals surface area (Å²) in [4.78, 5) is 21.4. The normalized spacial score (nSPS) is 11.3. The molecule has 0 bridgehead atoms. The molecule has 1 amide bonds. The predicted octanol–water partition coefficient (Wildman–Crippen LogP) is 5.64. The first-order valence-corrected chi connectivity index (χ1v) is 10.5. The smallest absolute Gasteiger partial charge is 0.232 e. The van der Waals surface area contributed by atoms with Crippen molar-refractivity contribution in [2.24, 2.45) is 5.41 Å². The number of hydrogen-bond acceptors (Lipinski definition) is 5. The van der Waals surface area contributed by atoms with Crippen LogP contribution in [0.15, 0.2) is 53.9 Å². The fourth-order valence-electron chi connectivity index (χ4n) is 2.91. The summed E-state index contributed by atoms with van der Waals surface area (Å²) in [6.07, 6.45) is 0. The van der Waals surface area contributed by atoms with Gasteiger partial charge in [-0.2, -0.15) is 0 Å². The molecule has 0 saturated heterocycles. The summed E-state index contributed by atoms with van der Waals surface area (Å²) in [5, 5.41) is 2.76. The number of nitrogens with zero attached hydrogens (tertiary/aromatic N) is 3. The number of anilines is 3. The molecule has 0 aliphatic heterocycles.